The average Bonchev–Trinajstić information content (AvgIpc) is 2.77. The summed E-state index contributed by atoms with van der Waals surface area (Å²) in [6.45, 7) is 2.82. The molecule has 2 aromatic rings. The normalized spacial score (nSPS) is 19.8. The highest BCUT2D eigenvalue weighted by atomic mass is 32.2. The van der Waals surface area contributed by atoms with Crippen LogP contribution in [0.4, 0.5) is 0 Å². The molecule has 1 saturated heterocycles. The smallest absolute Gasteiger partial charge is 0.243 e. The molecule has 160 valence electrons. The maximum absolute atomic E-state index is 13.4. The Balaban J connectivity index is 1.54. The number of aryl methyl sites for hydroxylation is 2. The predicted molar refractivity (Wildman–Crippen MR) is 115 cm³/mol. The number of aromatic nitrogens is 1. The zero-order chi connectivity index (χ0) is 21.1. The molecule has 1 unspecified atom stereocenters. The van der Waals surface area contributed by atoms with E-state index in [-0.39, 0.29) is 11.9 Å². The molecule has 1 fully saturated rings. The van der Waals surface area contributed by atoms with Gasteiger partial charge in [-0.3, -0.25) is 9.78 Å². The molecule has 0 saturated carbocycles. The van der Waals surface area contributed by atoms with Crippen LogP contribution in [0.2, 0.25) is 0 Å². The van der Waals surface area contributed by atoms with Gasteiger partial charge in [-0.05, 0) is 73.4 Å². The molecule has 0 spiro atoms. The third-order valence-electron chi connectivity index (χ3n) is 6.24. The monoisotopic (exact) mass is 427 g/mol. The lowest BCUT2D eigenvalue weighted by molar-refractivity contribution is -0.132. The molecular formula is C23H29N3O3S. The van der Waals surface area contributed by atoms with E-state index in [1.165, 1.54) is 12.0 Å². The van der Waals surface area contributed by atoms with E-state index in [1.807, 2.05) is 24.3 Å². The molecule has 1 atom stereocenters. The van der Waals surface area contributed by atoms with Crippen molar-refractivity contribution in [3.05, 3.63) is 59.4 Å². The first-order chi connectivity index (χ1) is 14.4. The van der Waals surface area contributed by atoms with Crippen molar-refractivity contribution in [1.29, 1.82) is 0 Å². The number of pyridine rings is 1. The van der Waals surface area contributed by atoms with Crippen molar-refractivity contribution in [3.8, 4) is 0 Å². The van der Waals surface area contributed by atoms with Gasteiger partial charge in [-0.15, -0.1) is 0 Å². The summed E-state index contributed by atoms with van der Waals surface area (Å²) < 4.78 is 28.3. The molecule has 0 bridgehead atoms. The highest BCUT2D eigenvalue weighted by Gasteiger charge is 2.34. The zero-order valence-electron chi connectivity index (χ0n) is 17.5. The Hall–Kier alpha value is -2.25. The molecule has 1 amide bonds. The number of carbonyl (C=O) groups is 1. The molecule has 1 aliphatic heterocycles. The number of fused-ring (bicyclic) bond motifs is 1. The molecule has 7 heteroatoms. The first-order valence-electron chi connectivity index (χ1n) is 10.7. The molecule has 6 nitrogen and oxygen atoms in total. The molecule has 30 heavy (non-hydrogen) atoms. The van der Waals surface area contributed by atoms with Gasteiger partial charge in [0.2, 0.25) is 15.9 Å². The van der Waals surface area contributed by atoms with Crippen LogP contribution in [-0.2, 0) is 34.2 Å². The minimum absolute atomic E-state index is 0.0446. The molecular weight excluding hydrogens is 398 g/mol. The topological polar surface area (TPSA) is 70.6 Å². The van der Waals surface area contributed by atoms with Crippen molar-refractivity contribution in [2.75, 3.05) is 13.1 Å². The number of sulfonamides is 1. The van der Waals surface area contributed by atoms with Crippen LogP contribution in [0.1, 0.15) is 49.3 Å². The summed E-state index contributed by atoms with van der Waals surface area (Å²) in [4.78, 5) is 18.7. The highest BCUT2D eigenvalue weighted by molar-refractivity contribution is 7.89. The van der Waals surface area contributed by atoms with Gasteiger partial charge in [-0.25, -0.2) is 8.42 Å². The van der Waals surface area contributed by atoms with Crippen molar-refractivity contribution in [2.45, 2.75) is 62.9 Å². The summed E-state index contributed by atoms with van der Waals surface area (Å²) in [6.07, 6.45) is 9.26. The summed E-state index contributed by atoms with van der Waals surface area (Å²) >= 11 is 0. The quantitative estimate of drug-likeness (QED) is 0.735. The predicted octanol–water partition coefficient (Wildman–Crippen LogP) is 3.16. The maximum Gasteiger partial charge on any atom is 0.243 e. The van der Waals surface area contributed by atoms with Crippen LogP contribution in [0.5, 0.6) is 0 Å². The van der Waals surface area contributed by atoms with Crippen LogP contribution < -0.4 is 0 Å². The van der Waals surface area contributed by atoms with Crippen molar-refractivity contribution >= 4 is 15.9 Å². The van der Waals surface area contributed by atoms with E-state index >= 15 is 0 Å². The van der Waals surface area contributed by atoms with Gasteiger partial charge in [-0.1, -0.05) is 12.1 Å². The van der Waals surface area contributed by atoms with Gasteiger partial charge >= 0.3 is 0 Å². The molecule has 0 radical (unpaired) electrons. The SMILES string of the molecule is CC(=O)N(Cc1cccnc1)C1CCCN(S(=O)(=O)c2ccc3c(c2)CCCC3)C1. The van der Waals surface area contributed by atoms with Gasteiger partial charge in [0.25, 0.3) is 0 Å². The number of amides is 1. The second-order valence-electron chi connectivity index (χ2n) is 8.30. The van der Waals surface area contributed by atoms with Crippen molar-refractivity contribution < 1.29 is 13.2 Å². The summed E-state index contributed by atoms with van der Waals surface area (Å²) in [7, 11) is -3.58. The zero-order valence-corrected chi connectivity index (χ0v) is 18.3. The third kappa shape index (κ3) is 4.42. The van der Waals surface area contributed by atoms with Gasteiger partial charge in [0.1, 0.15) is 0 Å². The summed E-state index contributed by atoms with van der Waals surface area (Å²) in [6, 6.07) is 9.25. The number of hydrogen-bond donors (Lipinski definition) is 0. The Morgan fingerprint density at radius 2 is 1.97 bits per heavy atom. The first kappa shape index (κ1) is 21.0. The van der Waals surface area contributed by atoms with Crippen LogP contribution in [-0.4, -0.2) is 47.6 Å². The highest BCUT2D eigenvalue weighted by Crippen LogP contribution is 2.28. The van der Waals surface area contributed by atoms with Gasteiger partial charge in [0.05, 0.1) is 4.90 Å². The fourth-order valence-electron chi connectivity index (χ4n) is 4.60. The number of benzene rings is 1. The fourth-order valence-corrected chi connectivity index (χ4v) is 6.17. The molecule has 1 aliphatic carbocycles. The largest absolute Gasteiger partial charge is 0.334 e. The van der Waals surface area contributed by atoms with Gasteiger partial charge in [-0.2, -0.15) is 4.31 Å². The molecule has 0 N–H and O–H groups in total. The standard InChI is InChI=1S/C23H29N3O3S/c1-18(27)26(16-19-6-4-12-24-15-19)22-9-5-13-25(17-22)30(28,29)23-11-10-20-7-2-3-8-21(20)14-23/h4,6,10-12,14-15,22H,2-3,5,7-9,13,16-17H2,1H3. The van der Waals surface area contributed by atoms with E-state index in [1.54, 1.807) is 34.6 Å². The first-order valence-corrected chi connectivity index (χ1v) is 12.2. The van der Waals surface area contributed by atoms with E-state index in [4.69, 9.17) is 0 Å². The van der Waals surface area contributed by atoms with Gasteiger partial charge in [0.15, 0.2) is 0 Å². The lowest BCUT2D eigenvalue weighted by atomic mass is 9.92. The van der Waals surface area contributed by atoms with Crippen molar-refractivity contribution in [1.82, 2.24) is 14.2 Å². The van der Waals surface area contributed by atoms with Crippen molar-refractivity contribution in [3.63, 3.8) is 0 Å². The number of hydrogen-bond acceptors (Lipinski definition) is 4. The lowest BCUT2D eigenvalue weighted by Gasteiger charge is -2.38. The number of rotatable bonds is 5. The summed E-state index contributed by atoms with van der Waals surface area (Å²) in [5.41, 5.74) is 3.39. The van der Waals surface area contributed by atoms with Gasteiger partial charge < -0.3 is 4.90 Å². The van der Waals surface area contributed by atoms with Crippen LogP contribution >= 0.6 is 0 Å². The lowest BCUT2D eigenvalue weighted by Crippen LogP contribution is -2.50. The van der Waals surface area contributed by atoms with Crippen LogP contribution in [0.3, 0.4) is 0 Å². The number of piperidine rings is 1. The molecule has 4 rings (SSSR count). The fraction of sp³-hybridized carbons (Fsp3) is 0.478. The minimum Gasteiger partial charge on any atom is -0.334 e. The Morgan fingerprint density at radius 3 is 2.70 bits per heavy atom. The maximum atomic E-state index is 13.4. The minimum atomic E-state index is -3.58. The van der Waals surface area contributed by atoms with E-state index in [0.717, 1.165) is 43.2 Å². The molecule has 1 aromatic heterocycles. The molecule has 2 aliphatic rings. The third-order valence-corrected chi connectivity index (χ3v) is 8.10. The Labute approximate surface area is 179 Å². The van der Waals surface area contributed by atoms with E-state index < -0.39 is 10.0 Å². The Morgan fingerprint density at radius 1 is 1.17 bits per heavy atom. The number of carbonyl (C=O) groups excluding carboxylic acids is 1. The van der Waals surface area contributed by atoms with E-state index in [0.29, 0.717) is 24.5 Å². The Kier molecular flexibility index (Phi) is 6.20. The summed E-state index contributed by atoms with van der Waals surface area (Å²) in [5.74, 6) is -0.0446. The second kappa shape index (κ2) is 8.86. The average molecular weight is 428 g/mol. The van der Waals surface area contributed by atoms with E-state index in [2.05, 4.69) is 4.98 Å². The second-order valence-corrected chi connectivity index (χ2v) is 10.2. The van der Waals surface area contributed by atoms with Crippen LogP contribution in [0.25, 0.3) is 0 Å². The summed E-state index contributed by atoms with van der Waals surface area (Å²) in [5, 5.41) is 0. The molecule has 2 heterocycles. The van der Waals surface area contributed by atoms with Crippen LogP contribution in [0.15, 0.2) is 47.6 Å². The van der Waals surface area contributed by atoms with Gasteiger partial charge in [0, 0.05) is 45.0 Å². The van der Waals surface area contributed by atoms with E-state index in [9.17, 15) is 13.2 Å². The van der Waals surface area contributed by atoms with Crippen LogP contribution in [0, 0.1) is 0 Å². The molecule has 1 aromatic carbocycles. The Bertz CT molecular complexity index is 1010. The van der Waals surface area contributed by atoms with Crippen molar-refractivity contribution in [2.24, 2.45) is 0 Å². The number of nitrogens with zero attached hydrogens (tertiary/aromatic N) is 3.